The summed E-state index contributed by atoms with van der Waals surface area (Å²) in [4.78, 5) is 0. The van der Waals surface area contributed by atoms with Crippen LogP contribution in [0.1, 0.15) is 52.9 Å². The molecule has 0 aromatic heterocycles. The van der Waals surface area contributed by atoms with Crippen LogP contribution < -0.4 is 5.32 Å². The van der Waals surface area contributed by atoms with Gasteiger partial charge in [-0.2, -0.15) is 11.8 Å². The van der Waals surface area contributed by atoms with Crippen molar-refractivity contribution in [1.29, 1.82) is 0 Å². The first-order chi connectivity index (χ1) is 7.60. The highest BCUT2D eigenvalue weighted by atomic mass is 32.2. The molecule has 0 saturated heterocycles. The van der Waals surface area contributed by atoms with Crippen LogP contribution in [0.5, 0.6) is 0 Å². The topological polar surface area (TPSA) is 12.0 Å². The highest BCUT2D eigenvalue weighted by Gasteiger charge is 2.31. The zero-order chi connectivity index (χ0) is 12.0. The van der Waals surface area contributed by atoms with E-state index in [2.05, 4.69) is 32.3 Å². The van der Waals surface area contributed by atoms with E-state index in [0.29, 0.717) is 5.41 Å². The lowest BCUT2D eigenvalue weighted by molar-refractivity contribution is 0.137. The Kier molecular flexibility index (Phi) is 6.20. The SMILES string of the molecule is CCC(C)(C)C1CCC(NCCSC)CC1. The summed E-state index contributed by atoms with van der Waals surface area (Å²) in [7, 11) is 0. The maximum Gasteiger partial charge on any atom is 0.00676 e. The molecular formula is C14H29NS. The Morgan fingerprint density at radius 2 is 1.81 bits per heavy atom. The number of rotatable bonds is 6. The first kappa shape index (κ1) is 14.4. The predicted octanol–water partition coefficient (Wildman–Crippen LogP) is 3.93. The number of hydrogen-bond donors (Lipinski definition) is 1. The van der Waals surface area contributed by atoms with Gasteiger partial charge in [0.15, 0.2) is 0 Å². The molecule has 0 aromatic rings. The zero-order valence-electron chi connectivity index (χ0n) is 11.5. The van der Waals surface area contributed by atoms with E-state index in [1.165, 1.54) is 44.4 Å². The highest BCUT2D eigenvalue weighted by Crippen LogP contribution is 2.40. The van der Waals surface area contributed by atoms with Crippen LogP contribution in [0.3, 0.4) is 0 Å². The summed E-state index contributed by atoms with van der Waals surface area (Å²) < 4.78 is 0. The largest absolute Gasteiger partial charge is 0.313 e. The maximum atomic E-state index is 3.69. The summed E-state index contributed by atoms with van der Waals surface area (Å²) >= 11 is 1.94. The monoisotopic (exact) mass is 243 g/mol. The summed E-state index contributed by atoms with van der Waals surface area (Å²) in [6, 6.07) is 0.802. The second-order valence-corrected chi connectivity index (χ2v) is 6.82. The van der Waals surface area contributed by atoms with Gasteiger partial charge < -0.3 is 5.32 Å². The van der Waals surface area contributed by atoms with Crippen LogP contribution in [0, 0.1) is 11.3 Å². The fraction of sp³-hybridized carbons (Fsp3) is 1.00. The molecule has 0 aromatic carbocycles. The van der Waals surface area contributed by atoms with Gasteiger partial charge in [0.1, 0.15) is 0 Å². The van der Waals surface area contributed by atoms with Gasteiger partial charge in [0.2, 0.25) is 0 Å². The van der Waals surface area contributed by atoms with Crippen molar-refractivity contribution in [1.82, 2.24) is 5.32 Å². The molecule has 0 heterocycles. The van der Waals surface area contributed by atoms with Gasteiger partial charge in [0.25, 0.3) is 0 Å². The normalized spacial score (nSPS) is 27.0. The van der Waals surface area contributed by atoms with Crippen LogP contribution in [0.2, 0.25) is 0 Å². The molecule has 0 amide bonds. The standard InChI is InChI=1S/C14H29NS/c1-5-14(2,3)12-6-8-13(9-7-12)15-10-11-16-4/h12-13,15H,5-11H2,1-4H3. The molecule has 1 N–H and O–H groups in total. The van der Waals surface area contributed by atoms with Crippen molar-refractivity contribution in [2.75, 3.05) is 18.6 Å². The predicted molar refractivity (Wildman–Crippen MR) is 76.2 cm³/mol. The van der Waals surface area contributed by atoms with Gasteiger partial charge in [0, 0.05) is 18.3 Å². The van der Waals surface area contributed by atoms with Gasteiger partial charge in [-0.15, -0.1) is 0 Å². The van der Waals surface area contributed by atoms with Gasteiger partial charge in [-0.25, -0.2) is 0 Å². The third-order valence-electron chi connectivity index (χ3n) is 4.48. The minimum absolute atomic E-state index is 0.560. The lowest BCUT2D eigenvalue weighted by Crippen LogP contribution is -2.37. The van der Waals surface area contributed by atoms with Gasteiger partial charge in [-0.05, 0) is 43.3 Å². The molecule has 1 fully saturated rings. The Morgan fingerprint density at radius 3 is 2.31 bits per heavy atom. The molecule has 1 rings (SSSR count). The van der Waals surface area contributed by atoms with Crippen molar-refractivity contribution in [2.45, 2.75) is 58.9 Å². The quantitative estimate of drug-likeness (QED) is 0.709. The molecule has 2 heteroatoms. The van der Waals surface area contributed by atoms with E-state index in [1.807, 2.05) is 11.8 Å². The molecule has 0 radical (unpaired) electrons. The van der Waals surface area contributed by atoms with Crippen LogP contribution in [-0.2, 0) is 0 Å². The first-order valence-corrected chi connectivity index (χ1v) is 8.22. The molecule has 0 unspecified atom stereocenters. The first-order valence-electron chi connectivity index (χ1n) is 6.82. The average Bonchev–Trinajstić information content (AvgIpc) is 2.30. The second kappa shape index (κ2) is 6.90. The number of hydrogen-bond acceptors (Lipinski definition) is 2. The minimum atomic E-state index is 0.560. The summed E-state index contributed by atoms with van der Waals surface area (Å²) in [5, 5.41) is 3.69. The highest BCUT2D eigenvalue weighted by molar-refractivity contribution is 7.98. The van der Waals surface area contributed by atoms with Crippen LogP contribution in [0.15, 0.2) is 0 Å². The Morgan fingerprint density at radius 1 is 1.19 bits per heavy atom. The number of thioether (sulfide) groups is 1. The molecule has 96 valence electrons. The van der Waals surface area contributed by atoms with Crippen molar-refractivity contribution in [3.8, 4) is 0 Å². The van der Waals surface area contributed by atoms with Gasteiger partial charge in [-0.3, -0.25) is 0 Å². The van der Waals surface area contributed by atoms with Crippen LogP contribution >= 0.6 is 11.8 Å². The second-order valence-electron chi connectivity index (χ2n) is 5.84. The Hall–Kier alpha value is 0.310. The molecular weight excluding hydrogens is 214 g/mol. The van der Waals surface area contributed by atoms with E-state index in [4.69, 9.17) is 0 Å². The third-order valence-corrected chi connectivity index (χ3v) is 5.10. The fourth-order valence-electron chi connectivity index (χ4n) is 2.73. The van der Waals surface area contributed by atoms with E-state index in [-0.39, 0.29) is 0 Å². The van der Waals surface area contributed by atoms with Crippen LogP contribution in [0.4, 0.5) is 0 Å². The number of nitrogens with one attached hydrogen (secondary N) is 1. The van der Waals surface area contributed by atoms with Gasteiger partial charge in [-0.1, -0.05) is 27.2 Å². The van der Waals surface area contributed by atoms with Crippen LogP contribution in [0.25, 0.3) is 0 Å². The van der Waals surface area contributed by atoms with Crippen molar-refractivity contribution >= 4 is 11.8 Å². The zero-order valence-corrected chi connectivity index (χ0v) is 12.3. The fourth-order valence-corrected chi connectivity index (χ4v) is 3.05. The van der Waals surface area contributed by atoms with Crippen molar-refractivity contribution in [3.05, 3.63) is 0 Å². The molecule has 16 heavy (non-hydrogen) atoms. The summed E-state index contributed by atoms with van der Waals surface area (Å²) in [5.41, 5.74) is 0.560. The van der Waals surface area contributed by atoms with E-state index in [0.717, 1.165) is 12.0 Å². The molecule has 1 saturated carbocycles. The maximum absolute atomic E-state index is 3.69. The van der Waals surface area contributed by atoms with E-state index in [1.54, 1.807) is 0 Å². The Labute approximate surface area is 106 Å². The van der Waals surface area contributed by atoms with E-state index in [9.17, 15) is 0 Å². The molecule has 0 atom stereocenters. The summed E-state index contributed by atoms with van der Waals surface area (Å²) in [5.74, 6) is 2.21. The smallest absolute Gasteiger partial charge is 0.00676 e. The van der Waals surface area contributed by atoms with Gasteiger partial charge >= 0.3 is 0 Å². The molecule has 1 aliphatic rings. The summed E-state index contributed by atoms with van der Waals surface area (Å²) in [6.45, 7) is 8.41. The minimum Gasteiger partial charge on any atom is -0.313 e. The van der Waals surface area contributed by atoms with Crippen LogP contribution in [-0.4, -0.2) is 24.6 Å². The third kappa shape index (κ3) is 4.29. The average molecular weight is 243 g/mol. The Bertz CT molecular complexity index is 183. The van der Waals surface area contributed by atoms with Crippen molar-refractivity contribution in [3.63, 3.8) is 0 Å². The van der Waals surface area contributed by atoms with Gasteiger partial charge in [0.05, 0.1) is 0 Å². The van der Waals surface area contributed by atoms with Crippen molar-refractivity contribution in [2.24, 2.45) is 11.3 Å². The molecule has 1 aliphatic carbocycles. The molecule has 0 spiro atoms. The molecule has 1 nitrogen and oxygen atoms in total. The molecule has 0 aliphatic heterocycles. The Balaban J connectivity index is 2.23. The van der Waals surface area contributed by atoms with E-state index < -0.39 is 0 Å². The lowest BCUT2D eigenvalue weighted by Gasteiger charge is -2.39. The van der Waals surface area contributed by atoms with E-state index >= 15 is 0 Å². The lowest BCUT2D eigenvalue weighted by atomic mass is 9.69. The summed E-state index contributed by atoms with van der Waals surface area (Å²) in [6.07, 6.45) is 9.14. The molecule has 0 bridgehead atoms. The van der Waals surface area contributed by atoms with Crippen molar-refractivity contribution < 1.29 is 0 Å².